The van der Waals surface area contributed by atoms with Gasteiger partial charge in [0.25, 0.3) is 0 Å². The summed E-state index contributed by atoms with van der Waals surface area (Å²) in [7, 11) is 5.85. The topological polar surface area (TPSA) is 33.3 Å². The van der Waals surface area contributed by atoms with Gasteiger partial charge in [-0.1, -0.05) is 0 Å². The van der Waals surface area contributed by atoms with Gasteiger partial charge in [-0.25, -0.2) is 0 Å². The van der Waals surface area contributed by atoms with Crippen LogP contribution < -0.4 is 10.6 Å². The normalized spacial score (nSPS) is 36.8. The van der Waals surface area contributed by atoms with Crippen LogP contribution >= 0.6 is 0 Å². The van der Waals surface area contributed by atoms with Crippen molar-refractivity contribution in [2.45, 2.75) is 37.5 Å². The van der Waals surface area contributed by atoms with Gasteiger partial charge in [-0.15, -0.1) is 0 Å². The van der Waals surface area contributed by atoms with Crippen molar-refractivity contribution in [1.82, 2.24) is 10.6 Å². The van der Waals surface area contributed by atoms with Crippen molar-refractivity contribution in [3.05, 3.63) is 0 Å². The zero-order valence-corrected chi connectivity index (χ0v) is 8.26. The van der Waals surface area contributed by atoms with Crippen molar-refractivity contribution in [2.75, 3.05) is 21.2 Å². The Labute approximate surface area is 74.9 Å². The van der Waals surface area contributed by atoms with Crippen LogP contribution in [0.1, 0.15) is 19.3 Å². The van der Waals surface area contributed by atoms with E-state index in [1.54, 1.807) is 7.11 Å². The maximum Gasteiger partial charge on any atom is 0.0587 e. The molecular weight excluding hydrogens is 152 g/mol. The molecule has 12 heavy (non-hydrogen) atoms. The van der Waals surface area contributed by atoms with E-state index in [9.17, 15) is 0 Å². The first-order valence-corrected chi connectivity index (χ1v) is 4.69. The molecule has 1 rings (SSSR count). The van der Waals surface area contributed by atoms with Gasteiger partial charge in [0.1, 0.15) is 0 Å². The molecule has 3 heteroatoms. The molecule has 1 fully saturated rings. The van der Waals surface area contributed by atoms with Crippen LogP contribution in [0.3, 0.4) is 0 Å². The Morgan fingerprint density at radius 2 is 1.75 bits per heavy atom. The first-order chi connectivity index (χ1) is 5.81. The zero-order chi connectivity index (χ0) is 8.97. The van der Waals surface area contributed by atoms with E-state index in [0.29, 0.717) is 18.2 Å². The summed E-state index contributed by atoms with van der Waals surface area (Å²) in [5, 5.41) is 6.66. The first kappa shape index (κ1) is 9.96. The summed E-state index contributed by atoms with van der Waals surface area (Å²) in [5.74, 6) is 0. The number of ether oxygens (including phenoxy) is 1. The smallest absolute Gasteiger partial charge is 0.0587 e. The summed E-state index contributed by atoms with van der Waals surface area (Å²) in [4.78, 5) is 0. The number of hydrogen-bond acceptors (Lipinski definition) is 3. The molecule has 0 aliphatic heterocycles. The second-order valence-corrected chi connectivity index (χ2v) is 3.46. The fraction of sp³-hybridized carbons (Fsp3) is 1.00. The average molecular weight is 172 g/mol. The van der Waals surface area contributed by atoms with Gasteiger partial charge in [-0.3, -0.25) is 0 Å². The van der Waals surface area contributed by atoms with E-state index in [1.807, 2.05) is 14.1 Å². The highest BCUT2D eigenvalue weighted by Gasteiger charge is 2.27. The lowest BCUT2D eigenvalue weighted by molar-refractivity contribution is 0.0504. The monoisotopic (exact) mass is 172 g/mol. The quantitative estimate of drug-likeness (QED) is 0.645. The lowest BCUT2D eigenvalue weighted by Crippen LogP contribution is -2.50. The minimum Gasteiger partial charge on any atom is -0.381 e. The highest BCUT2D eigenvalue weighted by Crippen LogP contribution is 2.20. The molecule has 0 spiro atoms. The molecule has 0 aromatic rings. The van der Waals surface area contributed by atoms with E-state index in [-0.39, 0.29) is 0 Å². The molecule has 0 bridgehead atoms. The van der Waals surface area contributed by atoms with Gasteiger partial charge >= 0.3 is 0 Å². The predicted molar refractivity (Wildman–Crippen MR) is 50.3 cm³/mol. The third kappa shape index (κ3) is 2.19. The molecule has 0 radical (unpaired) electrons. The maximum absolute atomic E-state index is 5.35. The van der Waals surface area contributed by atoms with E-state index < -0.39 is 0 Å². The lowest BCUT2D eigenvalue weighted by Gasteiger charge is -2.35. The highest BCUT2D eigenvalue weighted by molar-refractivity contribution is 4.88. The summed E-state index contributed by atoms with van der Waals surface area (Å²) in [6, 6.07) is 1.18. The molecule has 0 heterocycles. The van der Waals surface area contributed by atoms with Gasteiger partial charge in [0, 0.05) is 19.2 Å². The molecule has 3 unspecified atom stereocenters. The van der Waals surface area contributed by atoms with Gasteiger partial charge < -0.3 is 15.4 Å². The Hall–Kier alpha value is -0.120. The SMILES string of the molecule is CNC1CCC(OC)CC1NC. The van der Waals surface area contributed by atoms with Crippen molar-refractivity contribution < 1.29 is 4.74 Å². The van der Waals surface area contributed by atoms with Crippen molar-refractivity contribution in [1.29, 1.82) is 0 Å². The Kier molecular flexibility index (Phi) is 3.98. The molecular formula is C9H20N2O. The molecule has 72 valence electrons. The van der Waals surface area contributed by atoms with Gasteiger partial charge in [0.2, 0.25) is 0 Å². The lowest BCUT2D eigenvalue weighted by atomic mass is 9.88. The summed E-state index contributed by atoms with van der Waals surface area (Å²) in [5.41, 5.74) is 0. The third-order valence-electron chi connectivity index (χ3n) is 2.88. The van der Waals surface area contributed by atoms with Crippen molar-refractivity contribution in [2.24, 2.45) is 0 Å². The number of nitrogens with one attached hydrogen (secondary N) is 2. The minimum absolute atomic E-state index is 0.451. The summed E-state index contributed by atoms with van der Waals surface area (Å²) >= 11 is 0. The second-order valence-electron chi connectivity index (χ2n) is 3.46. The van der Waals surface area contributed by atoms with Crippen LogP contribution in [-0.2, 0) is 4.74 Å². The molecule has 2 N–H and O–H groups in total. The fourth-order valence-corrected chi connectivity index (χ4v) is 2.01. The van der Waals surface area contributed by atoms with Crippen LogP contribution in [0.4, 0.5) is 0 Å². The third-order valence-corrected chi connectivity index (χ3v) is 2.88. The number of methoxy groups -OCH3 is 1. The van der Waals surface area contributed by atoms with Gasteiger partial charge in [-0.05, 0) is 33.4 Å². The number of rotatable bonds is 3. The highest BCUT2D eigenvalue weighted by atomic mass is 16.5. The van der Waals surface area contributed by atoms with Gasteiger partial charge in [0.15, 0.2) is 0 Å². The second kappa shape index (κ2) is 4.80. The number of likely N-dealkylation sites (N-methyl/N-ethyl adjacent to an activating group) is 2. The van der Waals surface area contributed by atoms with Gasteiger partial charge in [0.05, 0.1) is 6.10 Å². The molecule has 1 aliphatic carbocycles. The van der Waals surface area contributed by atoms with E-state index in [0.717, 1.165) is 6.42 Å². The number of hydrogen-bond donors (Lipinski definition) is 2. The summed E-state index contributed by atoms with van der Waals surface area (Å²) < 4.78 is 5.35. The van der Waals surface area contributed by atoms with Crippen LogP contribution in [0.15, 0.2) is 0 Å². The molecule has 1 aliphatic rings. The van der Waals surface area contributed by atoms with E-state index in [4.69, 9.17) is 4.74 Å². The van der Waals surface area contributed by atoms with Crippen LogP contribution in [0.25, 0.3) is 0 Å². The van der Waals surface area contributed by atoms with Gasteiger partial charge in [-0.2, -0.15) is 0 Å². The largest absolute Gasteiger partial charge is 0.381 e. The minimum atomic E-state index is 0.451. The molecule has 0 aromatic carbocycles. The summed E-state index contributed by atoms with van der Waals surface area (Å²) in [6.07, 6.45) is 3.96. The zero-order valence-electron chi connectivity index (χ0n) is 8.26. The molecule has 3 atom stereocenters. The fourth-order valence-electron chi connectivity index (χ4n) is 2.01. The van der Waals surface area contributed by atoms with Crippen molar-refractivity contribution in [3.63, 3.8) is 0 Å². The van der Waals surface area contributed by atoms with Crippen LogP contribution in [0, 0.1) is 0 Å². The Morgan fingerprint density at radius 1 is 1.08 bits per heavy atom. The molecule has 0 amide bonds. The standard InChI is InChI=1S/C9H20N2O/c1-10-8-5-4-7(12-3)6-9(8)11-2/h7-11H,4-6H2,1-3H3. The van der Waals surface area contributed by atoms with Crippen molar-refractivity contribution >= 4 is 0 Å². The predicted octanol–water partition coefficient (Wildman–Crippen LogP) is 0.361. The van der Waals surface area contributed by atoms with E-state index in [2.05, 4.69) is 10.6 Å². The summed E-state index contributed by atoms with van der Waals surface area (Å²) in [6.45, 7) is 0. The maximum atomic E-state index is 5.35. The van der Waals surface area contributed by atoms with Crippen LogP contribution in [0.5, 0.6) is 0 Å². The van der Waals surface area contributed by atoms with E-state index >= 15 is 0 Å². The first-order valence-electron chi connectivity index (χ1n) is 4.69. The van der Waals surface area contributed by atoms with E-state index in [1.165, 1.54) is 12.8 Å². The molecule has 3 nitrogen and oxygen atoms in total. The molecule has 0 aromatic heterocycles. The average Bonchev–Trinajstić information content (AvgIpc) is 2.16. The Morgan fingerprint density at radius 3 is 2.25 bits per heavy atom. The molecule has 1 saturated carbocycles. The Balaban J connectivity index is 2.41. The Bertz CT molecular complexity index is 130. The van der Waals surface area contributed by atoms with Crippen LogP contribution in [0.2, 0.25) is 0 Å². The molecule has 0 saturated heterocycles. The van der Waals surface area contributed by atoms with Crippen molar-refractivity contribution in [3.8, 4) is 0 Å². The van der Waals surface area contributed by atoms with Crippen LogP contribution in [-0.4, -0.2) is 39.4 Å².